The van der Waals surface area contributed by atoms with Crippen LogP contribution in [0.4, 0.5) is 10.2 Å². The Balaban J connectivity index is 2.57. The molecule has 2 rings (SSSR count). The molecule has 3 nitrogen and oxygen atoms in total. The van der Waals surface area contributed by atoms with Crippen LogP contribution in [0.5, 0.6) is 0 Å². The van der Waals surface area contributed by atoms with Crippen molar-refractivity contribution in [3.8, 4) is 11.3 Å². The van der Waals surface area contributed by atoms with Gasteiger partial charge in [0.1, 0.15) is 11.6 Å². The molecule has 6 heteroatoms. The summed E-state index contributed by atoms with van der Waals surface area (Å²) in [5, 5.41) is 3.18. The number of anilines is 1. The number of nitrogens with one attached hydrogen (secondary N) is 1. The van der Waals surface area contributed by atoms with Gasteiger partial charge in [-0.25, -0.2) is 14.4 Å². The Bertz CT molecular complexity index is 634. The van der Waals surface area contributed by atoms with Gasteiger partial charge in [0.05, 0.1) is 10.7 Å². The van der Waals surface area contributed by atoms with Gasteiger partial charge in [-0.2, -0.15) is 0 Å². The highest BCUT2D eigenvalue weighted by atomic mass is 79.9. The molecule has 0 aliphatic heterocycles. The monoisotopic (exact) mass is 357 g/mol. The van der Waals surface area contributed by atoms with Crippen molar-refractivity contribution in [3.63, 3.8) is 0 Å². The SMILES string of the molecule is CCNc1cc(-c2ccc(Br)c(Cl)c2F)nc(CC)n1. The van der Waals surface area contributed by atoms with Gasteiger partial charge in [-0.3, -0.25) is 0 Å². The molecule has 0 unspecified atom stereocenters. The molecule has 0 fully saturated rings. The highest BCUT2D eigenvalue weighted by Crippen LogP contribution is 2.32. The third kappa shape index (κ3) is 3.10. The summed E-state index contributed by atoms with van der Waals surface area (Å²) in [4.78, 5) is 8.72. The van der Waals surface area contributed by atoms with E-state index in [2.05, 4.69) is 31.2 Å². The van der Waals surface area contributed by atoms with Crippen LogP contribution in [0, 0.1) is 5.82 Å². The van der Waals surface area contributed by atoms with Crippen molar-refractivity contribution < 1.29 is 4.39 Å². The molecule has 1 heterocycles. The molecule has 106 valence electrons. The Labute approximate surface area is 130 Å². The van der Waals surface area contributed by atoms with Gasteiger partial charge < -0.3 is 5.32 Å². The summed E-state index contributed by atoms with van der Waals surface area (Å²) < 4.78 is 14.8. The predicted molar refractivity (Wildman–Crippen MR) is 83.7 cm³/mol. The highest BCUT2D eigenvalue weighted by molar-refractivity contribution is 9.10. The number of rotatable bonds is 4. The Hall–Kier alpha value is -1.20. The minimum Gasteiger partial charge on any atom is -0.370 e. The van der Waals surface area contributed by atoms with Crippen LogP contribution in [-0.2, 0) is 6.42 Å². The van der Waals surface area contributed by atoms with E-state index in [1.165, 1.54) is 0 Å². The maximum absolute atomic E-state index is 14.3. The van der Waals surface area contributed by atoms with Crippen LogP contribution < -0.4 is 5.32 Å². The average Bonchev–Trinajstić information content (AvgIpc) is 2.45. The van der Waals surface area contributed by atoms with Crippen molar-refractivity contribution in [3.05, 3.63) is 39.3 Å². The van der Waals surface area contributed by atoms with Crippen molar-refractivity contribution in [1.82, 2.24) is 9.97 Å². The third-order valence-electron chi connectivity index (χ3n) is 2.76. The van der Waals surface area contributed by atoms with Crippen molar-refractivity contribution in [2.75, 3.05) is 11.9 Å². The number of benzene rings is 1. The van der Waals surface area contributed by atoms with E-state index >= 15 is 0 Å². The normalized spacial score (nSPS) is 10.7. The topological polar surface area (TPSA) is 37.8 Å². The van der Waals surface area contributed by atoms with Crippen LogP contribution in [0.2, 0.25) is 5.02 Å². The van der Waals surface area contributed by atoms with Crippen LogP contribution in [0.25, 0.3) is 11.3 Å². The second-order valence-corrected chi connectivity index (χ2v) is 5.39. The molecule has 0 radical (unpaired) electrons. The molecule has 1 aromatic heterocycles. The summed E-state index contributed by atoms with van der Waals surface area (Å²) in [6, 6.07) is 5.09. The van der Waals surface area contributed by atoms with Gasteiger partial charge >= 0.3 is 0 Å². The lowest BCUT2D eigenvalue weighted by Crippen LogP contribution is -2.04. The fraction of sp³-hybridized carbons (Fsp3) is 0.286. The molecule has 0 spiro atoms. The molecule has 2 aromatic rings. The Kier molecular flexibility index (Phi) is 4.94. The molecule has 1 aromatic carbocycles. The summed E-state index contributed by atoms with van der Waals surface area (Å²) in [6.45, 7) is 4.67. The number of hydrogen-bond acceptors (Lipinski definition) is 3. The third-order valence-corrected chi connectivity index (χ3v) is 4.02. The Morgan fingerprint density at radius 1 is 1.30 bits per heavy atom. The standard InChI is InChI=1S/C14H14BrClFN3/c1-3-11-19-10(7-12(20-11)18-4-2)8-5-6-9(15)13(16)14(8)17/h5-7H,3-4H2,1-2H3,(H,18,19,20). The first-order chi connectivity index (χ1) is 9.56. The largest absolute Gasteiger partial charge is 0.370 e. The fourth-order valence-corrected chi connectivity index (χ4v) is 2.26. The smallest absolute Gasteiger partial charge is 0.152 e. The number of halogens is 3. The van der Waals surface area contributed by atoms with E-state index in [4.69, 9.17) is 11.6 Å². The predicted octanol–water partition coefficient (Wildman–Crippen LogP) is 4.69. The molecule has 0 aliphatic carbocycles. The number of aromatic nitrogens is 2. The number of aryl methyl sites for hydroxylation is 1. The van der Waals surface area contributed by atoms with Gasteiger partial charge in [0.25, 0.3) is 0 Å². The van der Waals surface area contributed by atoms with E-state index in [1.54, 1.807) is 18.2 Å². The number of hydrogen-bond donors (Lipinski definition) is 1. The summed E-state index contributed by atoms with van der Waals surface area (Å²) in [5.74, 6) is 0.869. The fourth-order valence-electron chi connectivity index (χ4n) is 1.79. The zero-order valence-electron chi connectivity index (χ0n) is 11.2. The first-order valence-corrected chi connectivity index (χ1v) is 7.49. The summed E-state index contributed by atoms with van der Waals surface area (Å²) in [7, 11) is 0. The van der Waals surface area contributed by atoms with E-state index in [-0.39, 0.29) is 5.02 Å². The average molecular weight is 359 g/mol. The molecule has 0 aliphatic rings. The highest BCUT2D eigenvalue weighted by Gasteiger charge is 2.14. The van der Waals surface area contributed by atoms with Crippen molar-refractivity contribution in [2.45, 2.75) is 20.3 Å². The molecule has 0 saturated heterocycles. The van der Waals surface area contributed by atoms with E-state index in [0.717, 1.165) is 6.54 Å². The lowest BCUT2D eigenvalue weighted by Gasteiger charge is -2.10. The summed E-state index contributed by atoms with van der Waals surface area (Å²) in [6.07, 6.45) is 0.679. The molecule has 20 heavy (non-hydrogen) atoms. The van der Waals surface area contributed by atoms with Gasteiger partial charge in [-0.15, -0.1) is 0 Å². The van der Waals surface area contributed by atoms with Gasteiger partial charge in [0.15, 0.2) is 5.82 Å². The van der Waals surface area contributed by atoms with E-state index in [1.807, 2.05) is 13.8 Å². The molecule has 0 bridgehead atoms. The van der Waals surface area contributed by atoms with Crippen molar-refractivity contribution >= 4 is 33.3 Å². The first-order valence-electron chi connectivity index (χ1n) is 6.32. The van der Waals surface area contributed by atoms with Crippen LogP contribution in [-0.4, -0.2) is 16.5 Å². The van der Waals surface area contributed by atoms with E-state index in [0.29, 0.717) is 33.8 Å². The van der Waals surface area contributed by atoms with Crippen molar-refractivity contribution in [1.29, 1.82) is 0 Å². The zero-order chi connectivity index (χ0) is 14.7. The second-order valence-electron chi connectivity index (χ2n) is 4.16. The van der Waals surface area contributed by atoms with Crippen molar-refractivity contribution in [2.24, 2.45) is 0 Å². The summed E-state index contributed by atoms with van der Waals surface area (Å²) >= 11 is 9.13. The van der Waals surface area contributed by atoms with Gasteiger partial charge in [-0.05, 0) is 35.0 Å². The second kappa shape index (κ2) is 6.50. The first kappa shape index (κ1) is 15.2. The minimum atomic E-state index is -0.482. The molecule has 0 amide bonds. The van der Waals surface area contributed by atoms with Crippen LogP contribution >= 0.6 is 27.5 Å². The zero-order valence-corrected chi connectivity index (χ0v) is 13.5. The Morgan fingerprint density at radius 2 is 2.05 bits per heavy atom. The minimum absolute atomic E-state index is 0.0594. The van der Waals surface area contributed by atoms with Gasteiger partial charge in [0.2, 0.25) is 0 Å². The quantitative estimate of drug-likeness (QED) is 0.806. The number of nitrogens with zero attached hydrogens (tertiary/aromatic N) is 2. The van der Waals surface area contributed by atoms with E-state index < -0.39 is 5.82 Å². The van der Waals surface area contributed by atoms with E-state index in [9.17, 15) is 4.39 Å². The molecule has 1 N–H and O–H groups in total. The maximum Gasteiger partial charge on any atom is 0.152 e. The molecule has 0 saturated carbocycles. The lowest BCUT2D eigenvalue weighted by atomic mass is 10.1. The van der Waals surface area contributed by atoms with Crippen LogP contribution in [0.3, 0.4) is 0 Å². The maximum atomic E-state index is 14.3. The Morgan fingerprint density at radius 3 is 2.70 bits per heavy atom. The van der Waals surface area contributed by atoms with Gasteiger partial charge in [-0.1, -0.05) is 18.5 Å². The van der Waals surface area contributed by atoms with Crippen LogP contribution in [0.15, 0.2) is 22.7 Å². The molecular weight excluding hydrogens is 345 g/mol. The summed E-state index contributed by atoms with van der Waals surface area (Å²) in [5.41, 5.74) is 0.897. The lowest BCUT2D eigenvalue weighted by molar-refractivity contribution is 0.630. The molecular formula is C14H14BrClFN3. The van der Waals surface area contributed by atoms with Gasteiger partial charge in [0, 0.05) is 29.1 Å². The van der Waals surface area contributed by atoms with Crippen LogP contribution in [0.1, 0.15) is 19.7 Å². The molecule has 0 atom stereocenters.